The Bertz CT molecular complexity index is 808. The van der Waals surface area contributed by atoms with Gasteiger partial charge in [-0.2, -0.15) is 0 Å². The summed E-state index contributed by atoms with van der Waals surface area (Å²) in [4.78, 5) is 20.9. The summed E-state index contributed by atoms with van der Waals surface area (Å²) < 4.78 is 13.1. The lowest BCUT2D eigenvalue weighted by molar-refractivity contribution is 0.200. The van der Waals surface area contributed by atoms with Crippen LogP contribution in [0.3, 0.4) is 0 Å². The normalized spacial score (nSPS) is 19.4. The maximum Gasteiger partial charge on any atom is 0.321 e. The lowest BCUT2D eigenvalue weighted by Gasteiger charge is -2.40. The first-order valence-electron chi connectivity index (χ1n) is 9.17. The number of aryl methyl sites for hydroxylation is 1. The molecular formula is C20H23FN4O. The topological polar surface area (TPSA) is 48.5 Å². The summed E-state index contributed by atoms with van der Waals surface area (Å²) in [6.45, 7) is 3.97. The zero-order valence-corrected chi connectivity index (χ0v) is 14.9. The Kier molecular flexibility index (Phi) is 4.49. The summed E-state index contributed by atoms with van der Waals surface area (Å²) in [7, 11) is 0. The maximum absolute atomic E-state index is 13.1. The van der Waals surface area contributed by atoms with Crippen LogP contribution in [0.2, 0.25) is 0 Å². The number of pyridine rings is 1. The number of carbonyl (C=O) groups excluding carboxylic acids is 1. The van der Waals surface area contributed by atoms with Crippen LogP contribution < -0.4 is 10.2 Å². The van der Waals surface area contributed by atoms with Gasteiger partial charge in [0, 0.05) is 31.4 Å². The average molecular weight is 354 g/mol. The van der Waals surface area contributed by atoms with Crippen molar-refractivity contribution in [2.45, 2.75) is 32.2 Å². The molecule has 1 unspecified atom stereocenters. The van der Waals surface area contributed by atoms with Crippen LogP contribution in [0.4, 0.5) is 20.7 Å². The molecule has 2 amide bonds. The number of nitrogens with zero attached hydrogens (tertiary/aromatic N) is 3. The fourth-order valence-electron chi connectivity index (χ4n) is 3.95. The Morgan fingerprint density at radius 3 is 2.88 bits per heavy atom. The summed E-state index contributed by atoms with van der Waals surface area (Å²) >= 11 is 0. The molecule has 2 aliphatic rings. The lowest BCUT2D eigenvalue weighted by Crippen LogP contribution is -2.55. The Labute approximate surface area is 152 Å². The molecule has 6 heteroatoms. The largest absolute Gasteiger partial charge is 0.350 e. The van der Waals surface area contributed by atoms with Crippen molar-refractivity contribution in [3.8, 4) is 0 Å². The molecule has 1 aromatic carbocycles. The van der Waals surface area contributed by atoms with Gasteiger partial charge in [0.25, 0.3) is 0 Å². The first-order chi connectivity index (χ1) is 12.6. The SMILES string of the molecule is CC1CN(C(=O)Nc2cccc3c2CCC3)CCN1c1ccc(F)cn1. The van der Waals surface area contributed by atoms with Crippen molar-refractivity contribution in [3.05, 3.63) is 53.5 Å². The van der Waals surface area contributed by atoms with E-state index in [0.29, 0.717) is 19.6 Å². The number of urea groups is 1. The van der Waals surface area contributed by atoms with E-state index in [2.05, 4.69) is 28.2 Å². The molecule has 2 aromatic rings. The molecule has 26 heavy (non-hydrogen) atoms. The van der Waals surface area contributed by atoms with Crippen molar-refractivity contribution in [1.82, 2.24) is 9.88 Å². The van der Waals surface area contributed by atoms with E-state index in [1.165, 1.54) is 23.4 Å². The number of amides is 2. The molecule has 5 nitrogen and oxygen atoms in total. The Morgan fingerprint density at radius 2 is 2.12 bits per heavy atom. The number of nitrogens with one attached hydrogen (secondary N) is 1. The third-order valence-corrected chi connectivity index (χ3v) is 5.31. The molecule has 0 bridgehead atoms. The molecular weight excluding hydrogens is 331 g/mol. The second-order valence-electron chi connectivity index (χ2n) is 7.05. The summed E-state index contributed by atoms with van der Waals surface area (Å²) in [5.41, 5.74) is 3.58. The molecule has 0 spiro atoms. The van der Waals surface area contributed by atoms with Gasteiger partial charge in [0.05, 0.1) is 6.20 Å². The highest BCUT2D eigenvalue weighted by atomic mass is 19.1. The molecule has 2 heterocycles. The number of aromatic nitrogens is 1. The Balaban J connectivity index is 1.41. The van der Waals surface area contributed by atoms with Crippen molar-refractivity contribution in [2.24, 2.45) is 0 Å². The second kappa shape index (κ2) is 6.94. The van der Waals surface area contributed by atoms with Crippen LogP contribution in [-0.4, -0.2) is 41.6 Å². The summed E-state index contributed by atoms with van der Waals surface area (Å²) in [6.07, 6.45) is 4.52. The summed E-state index contributed by atoms with van der Waals surface area (Å²) in [5, 5.41) is 3.10. The van der Waals surface area contributed by atoms with E-state index in [1.54, 1.807) is 6.07 Å². The van der Waals surface area contributed by atoms with Crippen LogP contribution in [0.15, 0.2) is 36.5 Å². The fourth-order valence-corrected chi connectivity index (χ4v) is 3.95. The van der Waals surface area contributed by atoms with Crippen LogP contribution in [0, 0.1) is 5.82 Å². The van der Waals surface area contributed by atoms with Gasteiger partial charge in [-0.25, -0.2) is 14.2 Å². The zero-order chi connectivity index (χ0) is 18.1. The van der Waals surface area contributed by atoms with Gasteiger partial charge in [0.1, 0.15) is 11.6 Å². The summed E-state index contributed by atoms with van der Waals surface area (Å²) in [6, 6.07) is 9.33. The highest BCUT2D eigenvalue weighted by Crippen LogP contribution is 2.29. The van der Waals surface area contributed by atoms with Crippen LogP contribution in [-0.2, 0) is 12.8 Å². The maximum atomic E-state index is 13.1. The quantitative estimate of drug-likeness (QED) is 0.899. The molecule has 1 aromatic heterocycles. The van der Waals surface area contributed by atoms with E-state index in [1.807, 2.05) is 17.0 Å². The molecule has 1 atom stereocenters. The number of halogens is 1. The molecule has 1 fully saturated rings. The number of fused-ring (bicyclic) bond motifs is 1. The molecule has 4 rings (SSSR count). The van der Waals surface area contributed by atoms with Gasteiger partial charge < -0.3 is 15.1 Å². The number of carbonyl (C=O) groups is 1. The highest BCUT2D eigenvalue weighted by Gasteiger charge is 2.28. The molecule has 1 aliphatic carbocycles. The Hall–Kier alpha value is -2.63. The third-order valence-electron chi connectivity index (χ3n) is 5.31. The highest BCUT2D eigenvalue weighted by molar-refractivity contribution is 5.90. The average Bonchev–Trinajstić information content (AvgIpc) is 3.12. The van der Waals surface area contributed by atoms with Crippen molar-refractivity contribution >= 4 is 17.5 Å². The van der Waals surface area contributed by atoms with Crippen molar-refractivity contribution in [2.75, 3.05) is 29.9 Å². The number of rotatable bonds is 2. The van der Waals surface area contributed by atoms with Crippen molar-refractivity contribution in [1.29, 1.82) is 0 Å². The van der Waals surface area contributed by atoms with E-state index >= 15 is 0 Å². The van der Waals surface area contributed by atoms with E-state index < -0.39 is 0 Å². The first-order valence-corrected chi connectivity index (χ1v) is 9.17. The molecule has 1 aliphatic heterocycles. The van der Waals surface area contributed by atoms with Crippen LogP contribution in [0.1, 0.15) is 24.5 Å². The van der Waals surface area contributed by atoms with E-state index in [0.717, 1.165) is 30.8 Å². The van der Waals surface area contributed by atoms with Crippen LogP contribution in [0.25, 0.3) is 0 Å². The predicted octanol–water partition coefficient (Wildman–Crippen LogP) is 3.45. The predicted molar refractivity (Wildman–Crippen MR) is 100 cm³/mol. The minimum absolute atomic E-state index is 0.0520. The van der Waals surface area contributed by atoms with Gasteiger partial charge >= 0.3 is 6.03 Å². The van der Waals surface area contributed by atoms with Gasteiger partial charge in [-0.1, -0.05) is 12.1 Å². The minimum atomic E-state index is -0.338. The smallest absolute Gasteiger partial charge is 0.321 e. The molecule has 0 saturated carbocycles. The van der Waals surface area contributed by atoms with Crippen molar-refractivity contribution < 1.29 is 9.18 Å². The van der Waals surface area contributed by atoms with Crippen molar-refractivity contribution in [3.63, 3.8) is 0 Å². The number of piperazine rings is 1. The van der Waals surface area contributed by atoms with E-state index in [9.17, 15) is 9.18 Å². The third kappa shape index (κ3) is 3.23. The number of hydrogen-bond donors (Lipinski definition) is 1. The number of benzene rings is 1. The second-order valence-corrected chi connectivity index (χ2v) is 7.05. The molecule has 1 saturated heterocycles. The van der Waals surface area contributed by atoms with E-state index in [4.69, 9.17) is 0 Å². The van der Waals surface area contributed by atoms with Gasteiger partial charge in [-0.15, -0.1) is 0 Å². The molecule has 0 radical (unpaired) electrons. The monoisotopic (exact) mass is 354 g/mol. The molecule has 136 valence electrons. The van der Waals surface area contributed by atoms with Crippen LogP contribution in [0.5, 0.6) is 0 Å². The van der Waals surface area contributed by atoms with Gasteiger partial charge in [-0.3, -0.25) is 0 Å². The lowest BCUT2D eigenvalue weighted by atomic mass is 10.1. The Morgan fingerprint density at radius 1 is 1.23 bits per heavy atom. The minimum Gasteiger partial charge on any atom is -0.350 e. The molecule has 1 N–H and O–H groups in total. The summed E-state index contributed by atoms with van der Waals surface area (Å²) in [5.74, 6) is 0.412. The standard InChI is InChI=1S/C20H23FN4O/c1-14-13-24(10-11-25(14)19-9-8-16(21)12-22-19)20(26)23-18-7-3-5-15-4-2-6-17(15)18/h3,5,7-9,12,14H,2,4,6,10-11,13H2,1H3,(H,23,26). The van der Waals surface area contributed by atoms with Gasteiger partial charge in [0.15, 0.2) is 0 Å². The zero-order valence-electron chi connectivity index (χ0n) is 14.9. The van der Waals surface area contributed by atoms with Gasteiger partial charge in [-0.05, 0) is 55.5 Å². The van der Waals surface area contributed by atoms with Gasteiger partial charge in [0.2, 0.25) is 0 Å². The van der Waals surface area contributed by atoms with E-state index in [-0.39, 0.29) is 17.9 Å². The number of hydrogen-bond acceptors (Lipinski definition) is 3. The fraction of sp³-hybridized carbons (Fsp3) is 0.400. The van der Waals surface area contributed by atoms with Crippen LogP contribution >= 0.6 is 0 Å². The first kappa shape index (κ1) is 16.8. The number of anilines is 2.